The van der Waals surface area contributed by atoms with Crippen LogP contribution in [0.15, 0.2) is 6.07 Å². The molecule has 0 spiro atoms. The first-order valence-electron chi connectivity index (χ1n) is 7.75. The Kier molecular flexibility index (Phi) is 4.59. The second kappa shape index (κ2) is 5.97. The number of rotatable bonds is 4. The molecule has 1 aliphatic carbocycles. The zero-order chi connectivity index (χ0) is 16.5. The number of halogens is 2. The number of nitrogens with zero attached hydrogens (tertiary/aromatic N) is 2. The molecule has 0 aliphatic heterocycles. The zero-order valence-electron chi connectivity index (χ0n) is 13.7. The summed E-state index contributed by atoms with van der Waals surface area (Å²) in [5.74, 6) is -0.452. The van der Waals surface area contributed by atoms with Gasteiger partial charge >= 0.3 is 0 Å². The van der Waals surface area contributed by atoms with Crippen molar-refractivity contribution in [1.82, 2.24) is 15.1 Å². The van der Waals surface area contributed by atoms with Crippen LogP contribution in [0, 0.1) is 5.41 Å². The monoisotopic (exact) mass is 313 g/mol. The number of carbonyl (C=O) groups is 1. The quantitative estimate of drug-likeness (QED) is 0.925. The van der Waals surface area contributed by atoms with Crippen LogP contribution in [-0.2, 0) is 16.8 Å². The van der Waals surface area contributed by atoms with Crippen molar-refractivity contribution in [2.75, 3.05) is 7.05 Å². The van der Waals surface area contributed by atoms with Crippen molar-refractivity contribution in [1.29, 1.82) is 0 Å². The van der Waals surface area contributed by atoms with Crippen LogP contribution in [0.4, 0.5) is 8.78 Å². The maximum Gasteiger partial charge on any atom is 0.252 e. The third kappa shape index (κ3) is 3.15. The predicted molar refractivity (Wildman–Crippen MR) is 80.7 cm³/mol. The van der Waals surface area contributed by atoms with Crippen LogP contribution < -0.4 is 0 Å². The second-order valence-electron chi connectivity index (χ2n) is 7.35. The molecule has 1 heterocycles. The van der Waals surface area contributed by atoms with Crippen molar-refractivity contribution in [3.63, 3.8) is 0 Å². The molecule has 124 valence electrons. The van der Waals surface area contributed by atoms with Gasteiger partial charge in [-0.25, -0.2) is 8.78 Å². The molecular weight excluding hydrogens is 288 g/mol. The number of nitrogens with one attached hydrogen (secondary N) is 1. The van der Waals surface area contributed by atoms with E-state index >= 15 is 0 Å². The molecule has 0 saturated heterocycles. The highest BCUT2D eigenvalue weighted by molar-refractivity contribution is 5.83. The maximum atomic E-state index is 13.4. The molecule has 1 amide bonds. The fourth-order valence-electron chi connectivity index (χ4n) is 3.07. The Morgan fingerprint density at radius 2 is 2.00 bits per heavy atom. The summed E-state index contributed by atoms with van der Waals surface area (Å²) in [4.78, 5) is 13.9. The van der Waals surface area contributed by atoms with Gasteiger partial charge in [0.1, 0.15) is 5.41 Å². The van der Waals surface area contributed by atoms with Gasteiger partial charge in [0.05, 0.1) is 17.9 Å². The third-order valence-corrected chi connectivity index (χ3v) is 4.49. The summed E-state index contributed by atoms with van der Waals surface area (Å²) in [5.41, 5.74) is 0.0881. The molecule has 6 heteroatoms. The van der Waals surface area contributed by atoms with Crippen molar-refractivity contribution in [2.45, 2.75) is 64.8 Å². The first kappa shape index (κ1) is 16.9. The van der Waals surface area contributed by atoms with Crippen LogP contribution in [-0.4, -0.2) is 34.5 Å². The van der Waals surface area contributed by atoms with E-state index in [2.05, 4.69) is 10.2 Å². The van der Waals surface area contributed by atoms with Crippen LogP contribution >= 0.6 is 0 Å². The number of carbonyl (C=O) groups excluding carboxylic acids is 1. The van der Waals surface area contributed by atoms with E-state index in [9.17, 15) is 13.6 Å². The van der Waals surface area contributed by atoms with Crippen molar-refractivity contribution < 1.29 is 13.6 Å². The fourth-order valence-corrected chi connectivity index (χ4v) is 3.07. The lowest BCUT2D eigenvalue weighted by Gasteiger charge is -2.31. The Morgan fingerprint density at radius 3 is 2.45 bits per heavy atom. The highest BCUT2D eigenvalue weighted by Gasteiger charge is 2.50. The number of hydrogen-bond acceptors (Lipinski definition) is 2. The van der Waals surface area contributed by atoms with Crippen LogP contribution in [0.5, 0.6) is 0 Å². The SMILES string of the molecule is CN(Cc1cc(C(C)(C)C)n[nH]1)C(=O)C1(C(F)F)CCCC1. The zero-order valence-corrected chi connectivity index (χ0v) is 13.7. The molecule has 0 unspecified atom stereocenters. The number of aromatic nitrogens is 2. The minimum atomic E-state index is -2.60. The van der Waals surface area contributed by atoms with Crippen molar-refractivity contribution in [3.8, 4) is 0 Å². The molecule has 1 aromatic rings. The normalized spacial score (nSPS) is 18.0. The van der Waals surface area contributed by atoms with Crippen molar-refractivity contribution in [3.05, 3.63) is 17.5 Å². The molecule has 2 rings (SSSR count). The summed E-state index contributed by atoms with van der Waals surface area (Å²) in [6.45, 7) is 6.42. The minimum Gasteiger partial charge on any atom is -0.339 e. The average Bonchev–Trinajstić information content (AvgIpc) is 3.06. The first-order valence-corrected chi connectivity index (χ1v) is 7.75. The number of H-pyrrole nitrogens is 1. The number of aromatic amines is 1. The van der Waals surface area contributed by atoms with Gasteiger partial charge in [0.25, 0.3) is 6.43 Å². The molecule has 1 fully saturated rings. The van der Waals surface area contributed by atoms with Crippen LogP contribution in [0.2, 0.25) is 0 Å². The number of hydrogen-bond donors (Lipinski definition) is 1. The minimum absolute atomic E-state index is 0.0903. The molecule has 0 atom stereocenters. The summed E-state index contributed by atoms with van der Waals surface area (Å²) in [6, 6.07) is 1.90. The molecule has 1 N–H and O–H groups in total. The van der Waals surface area contributed by atoms with Crippen LogP contribution in [0.3, 0.4) is 0 Å². The van der Waals surface area contributed by atoms with Gasteiger partial charge in [0.15, 0.2) is 0 Å². The van der Waals surface area contributed by atoms with E-state index in [1.807, 2.05) is 26.8 Å². The summed E-state index contributed by atoms with van der Waals surface area (Å²) < 4.78 is 26.9. The Bertz CT molecular complexity index is 528. The van der Waals surface area contributed by atoms with Gasteiger partial charge in [-0.2, -0.15) is 5.10 Å². The molecule has 0 radical (unpaired) electrons. The topological polar surface area (TPSA) is 49.0 Å². The Labute approximate surface area is 130 Å². The van der Waals surface area contributed by atoms with Gasteiger partial charge in [0.2, 0.25) is 5.91 Å². The Hall–Kier alpha value is -1.46. The summed E-state index contributed by atoms with van der Waals surface area (Å²) in [7, 11) is 1.59. The highest BCUT2D eigenvalue weighted by Crippen LogP contribution is 2.44. The lowest BCUT2D eigenvalue weighted by atomic mass is 9.85. The van der Waals surface area contributed by atoms with E-state index in [0.717, 1.165) is 11.4 Å². The molecule has 0 aromatic carbocycles. The van der Waals surface area contributed by atoms with E-state index in [0.29, 0.717) is 12.8 Å². The largest absolute Gasteiger partial charge is 0.339 e. The van der Waals surface area contributed by atoms with Gasteiger partial charge in [-0.15, -0.1) is 0 Å². The van der Waals surface area contributed by atoms with Gasteiger partial charge in [-0.3, -0.25) is 9.89 Å². The maximum absolute atomic E-state index is 13.4. The molecule has 1 aromatic heterocycles. The van der Waals surface area contributed by atoms with E-state index in [1.165, 1.54) is 4.90 Å². The molecule has 0 bridgehead atoms. The molecule has 1 aliphatic rings. The Balaban J connectivity index is 2.10. The molecule has 22 heavy (non-hydrogen) atoms. The summed E-state index contributed by atoms with van der Waals surface area (Å²) in [6.07, 6.45) is -0.643. The van der Waals surface area contributed by atoms with Crippen molar-refractivity contribution >= 4 is 5.91 Å². The van der Waals surface area contributed by atoms with E-state index in [1.54, 1.807) is 7.05 Å². The predicted octanol–water partition coefficient (Wildman–Crippen LogP) is 3.49. The lowest BCUT2D eigenvalue weighted by Crippen LogP contribution is -2.44. The smallest absolute Gasteiger partial charge is 0.252 e. The summed E-state index contributed by atoms with van der Waals surface area (Å²) in [5, 5.41) is 7.14. The Morgan fingerprint density at radius 1 is 1.41 bits per heavy atom. The lowest BCUT2D eigenvalue weighted by molar-refractivity contribution is -0.151. The highest BCUT2D eigenvalue weighted by atomic mass is 19.3. The van der Waals surface area contributed by atoms with E-state index < -0.39 is 17.7 Å². The first-order chi connectivity index (χ1) is 10.2. The molecule has 4 nitrogen and oxygen atoms in total. The summed E-state index contributed by atoms with van der Waals surface area (Å²) >= 11 is 0. The van der Waals surface area contributed by atoms with Crippen LogP contribution in [0.1, 0.15) is 57.8 Å². The molecular formula is C16H25F2N3O. The standard InChI is InChI=1S/C16H25F2N3O/c1-15(2,3)12-9-11(19-20-12)10-21(4)14(22)16(13(17)18)7-5-6-8-16/h9,13H,5-8,10H2,1-4H3,(H,19,20). The average molecular weight is 313 g/mol. The number of amides is 1. The number of alkyl halides is 2. The molecule has 1 saturated carbocycles. The van der Waals surface area contributed by atoms with Crippen molar-refractivity contribution in [2.24, 2.45) is 5.41 Å². The van der Waals surface area contributed by atoms with Gasteiger partial charge in [-0.05, 0) is 18.9 Å². The van der Waals surface area contributed by atoms with E-state index in [4.69, 9.17) is 0 Å². The van der Waals surface area contributed by atoms with E-state index in [-0.39, 0.29) is 24.8 Å². The fraction of sp³-hybridized carbons (Fsp3) is 0.750. The second-order valence-corrected chi connectivity index (χ2v) is 7.35. The van der Waals surface area contributed by atoms with Crippen LogP contribution in [0.25, 0.3) is 0 Å². The van der Waals surface area contributed by atoms with Gasteiger partial charge in [0, 0.05) is 12.5 Å². The van der Waals surface area contributed by atoms with Gasteiger partial charge < -0.3 is 4.90 Å². The third-order valence-electron chi connectivity index (χ3n) is 4.49. The van der Waals surface area contributed by atoms with Gasteiger partial charge in [-0.1, -0.05) is 33.6 Å².